The summed E-state index contributed by atoms with van der Waals surface area (Å²) >= 11 is 0. The van der Waals surface area contributed by atoms with E-state index in [0.29, 0.717) is 0 Å². The molecular weight excluding hydrogens is 192 g/mol. The maximum atomic E-state index is 11.7. The minimum Gasteiger partial charge on any atom is -0.311 e. The third-order valence-corrected chi connectivity index (χ3v) is 2.65. The zero-order valence-electron chi connectivity index (χ0n) is 9.70. The Morgan fingerprint density at radius 3 is 2.33 bits per heavy atom. The third-order valence-electron chi connectivity index (χ3n) is 2.65. The average Bonchev–Trinajstić information content (AvgIpc) is 2.14. The van der Waals surface area contributed by atoms with Gasteiger partial charge in [-0.25, -0.2) is 4.79 Å². The molecule has 4 heteroatoms. The molecule has 1 aromatic heterocycles. The second-order valence-corrected chi connectivity index (χ2v) is 4.14. The van der Waals surface area contributed by atoms with Crippen LogP contribution in [0, 0.1) is 0 Å². The van der Waals surface area contributed by atoms with Crippen molar-refractivity contribution in [1.29, 1.82) is 0 Å². The topological polar surface area (TPSA) is 54.9 Å². The van der Waals surface area contributed by atoms with E-state index in [1.807, 2.05) is 27.7 Å². The molecule has 0 spiro atoms. The number of rotatable bonds is 3. The van der Waals surface area contributed by atoms with Crippen LogP contribution in [0.25, 0.3) is 0 Å². The molecule has 0 radical (unpaired) electrons. The van der Waals surface area contributed by atoms with Crippen molar-refractivity contribution < 1.29 is 0 Å². The zero-order valence-corrected chi connectivity index (χ0v) is 9.70. The van der Waals surface area contributed by atoms with Crippen LogP contribution in [-0.4, -0.2) is 9.55 Å². The first-order valence-electron chi connectivity index (χ1n) is 5.33. The van der Waals surface area contributed by atoms with Gasteiger partial charge in [0.25, 0.3) is 5.56 Å². The predicted octanol–water partition coefficient (Wildman–Crippen LogP) is 1.63. The quantitative estimate of drug-likeness (QED) is 0.824. The number of aromatic nitrogens is 2. The van der Waals surface area contributed by atoms with Gasteiger partial charge in [-0.2, -0.15) is 0 Å². The van der Waals surface area contributed by atoms with Gasteiger partial charge in [-0.05, 0) is 26.2 Å². The highest BCUT2D eigenvalue weighted by Gasteiger charge is 2.10. The van der Waals surface area contributed by atoms with E-state index in [-0.39, 0.29) is 23.2 Å². The Hall–Kier alpha value is -1.32. The molecule has 1 atom stereocenters. The van der Waals surface area contributed by atoms with Gasteiger partial charge in [-0.3, -0.25) is 9.36 Å². The monoisotopic (exact) mass is 210 g/mol. The van der Waals surface area contributed by atoms with Gasteiger partial charge in [-0.1, -0.05) is 13.8 Å². The van der Waals surface area contributed by atoms with Crippen LogP contribution in [0.4, 0.5) is 0 Å². The van der Waals surface area contributed by atoms with Crippen molar-refractivity contribution >= 4 is 0 Å². The van der Waals surface area contributed by atoms with Gasteiger partial charge in [0, 0.05) is 17.8 Å². The van der Waals surface area contributed by atoms with Crippen LogP contribution in [0.3, 0.4) is 0 Å². The molecule has 0 unspecified atom stereocenters. The highest BCUT2D eigenvalue weighted by Crippen LogP contribution is 2.12. The molecule has 0 aliphatic carbocycles. The van der Waals surface area contributed by atoms with E-state index in [1.165, 1.54) is 10.6 Å². The SMILES string of the molecule is CC[C@H](C)c1cc(=O)n(C(C)C)c(=O)[nH]1. The molecule has 1 N–H and O–H groups in total. The molecule has 0 aromatic carbocycles. The summed E-state index contributed by atoms with van der Waals surface area (Å²) in [6, 6.07) is 1.42. The molecule has 0 fully saturated rings. The van der Waals surface area contributed by atoms with Crippen molar-refractivity contribution in [2.24, 2.45) is 0 Å². The van der Waals surface area contributed by atoms with Crippen molar-refractivity contribution in [2.45, 2.75) is 46.1 Å². The van der Waals surface area contributed by atoms with E-state index in [0.717, 1.165) is 12.1 Å². The number of nitrogens with zero attached hydrogens (tertiary/aromatic N) is 1. The number of hydrogen-bond acceptors (Lipinski definition) is 2. The van der Waals surface area contributed by atoms with E-state index in [1.54, 1.807) is 0 Å². The summed E-state index contributed by atoms with van der Waals surface area (Å²) in [4.78, 5) is 26.1. The lowest BCUT2D eigenvalue weighted by molar-refractivity contribution is 0.536. The summed E-state index contributed by atoms with van der Waals surface area (Å²) in [7, 11) is 0. The highest BCUT2D eigenvalue weighted by molar-refractivity contribution is 5.05. The molecule has 0 saturated heterocycles. The van der Waals surface area contributed by atoms with Gasteiger partial charge in [0.15, 0.2) is 0 Å². The molecule has 4 nitrogen and oxygen atoms in total. The van der Waals surface area contributed by atoms with Crippen LogP contribution in [0.2, 0.25) is 0 Å². The normalized spacial score (nSPS) is 13.1. The average molecular weight is 210 g/mol. The molecule has 0 aliphatic rings. The summed E-state index contributed by atoms with van der Waals surface area (Å²) < 4.78 is 1.23. The van der Waals surface area contributed by atoms with Crippen LogP contribution < -0.4 is 11.2 Å². The Kier molecular flexibility index (Phi) is 3.50. The minimum atomic E-state index is -0.312. The van der Waals surface area contributed by atoms with E-state index < -0.39 is 0 Å². The fraction of sp³-hybridized carbons (Fsp3) is 0.636. The summed E-state index contributed by atoms with van der Waals surface area (Å²) in [6.07, 6.45) is 0.904. The molecule has 0 bridgehead atoms. The molecule has 0 saturated carbocycles. The second kappa shape index (κ2) is 4.47. The molecule has 15 heavy (non-hydrogen) atoms. The number of nitrogens with one attached hydrogen (secondary N) is 1. The van der Waals surface area contributed by atoms with Gasteiger partial charge in [0.2, 0.25) is 0 Å². The molecule has 1 rings (SSSR count). The van der Waals surface area contributed by atoms with E-state index in [4.69, 9.17) is 0 Å². The predicted molar refractivity (Wildman–Crippen MR) is 60.4 cm³/mol. The largest absolute Gasteiger partial charge is 0.328 e. The Morgan fingerprint density at radius 1 is 1.33 bits per heavy atom. The summed E-state index contributed by atoms with van der Waals surface area (Å²) in [6.45, 7) is 7.65. The summed E-state index contributed by atoms with van der Waals surface area (Å²) in [5.74, 6) is 0.215. The van der Waals surface area contributed by atoms with Gasteiger partial charge < -0.3 is 4.98 Å². The molecule has 0 aliphatic heterocycles. The fourth-order valence-corrected chi connectivity index (χ4v) is 1.50. The maximum absolute atomic E-state index is 11.7. The van der Waals surface area contributed by atoms with E-state index in [9.17, 15) is 9.59 Å². The van der Waals surface area contributed by atoms with Crippen molar-refractivity contribution in [3.05, 3.63) is 32.6 Å². The minimum absolute atomic E-state index is 0.104. The Morgan fingerprint density at radius 2 is 1.93 bits per heavy atom. The van der Waals surface area contributed by atoms with Gasteiger partial charge in [-0.15, -0.1) is 0 Å². The number of H-pyrrole nitrogens is 1. The van der Waals surface area contributed by atoms with Crippen molar-refractivity contribution in [3.63, 3.8) is 0 Å². The Balaban J connectivity index is 3.33. The molecular formula is C11H18N2O2. The van der Waals surface area contributed by atoms with Crippen LogP contribution in [0.5, 0.6) is 0 Å². The molecule has 0 amide bonds. The summed E-state index contributed by atoms with van der Waals surface area (Å²) in [5, 5.41) is 0. The first-order chi connectivity index (χ1) is 6.97. The number of aromatic amines is 1. The zero-order chi connectivity index (χ0) is 11.6. The fourth-order valence-electron chi connectivity index (χ4n) is 1.50. The highest BCUT2D eigenvalue weighted by atomic mass is 16.2. The lowest BCUT2D eigenvalue weighted by Crippen LogP contribution is -2.37. The third kappa shape index (κ3) is 2.37. The van der Waals surface area contributed by atoms with Crippen molar-refractivity contribution in [2.75, 3.05) is 0 Å². The Bertz CT molecular complexity index is 411. The van der Waals surface area contributed by atoms with E-state index >= 15 is 0 Å². The van der Waals surface area contributed by atoms with Crippen LogP contribution in [-0.2, 0) is 0 Å². The van der Waals surface area contributed by atoms with Gasteiger partial charge in [0.05, 0.1) is 0 Å². The molecule has 1 heterocycles. The van der Waals surface area contributed by atoms with Gasteiger partial charge >= 0.3 is 5.69 Å². The van der Waals surface area contributed by atoms with Gasteiger partial charge in [0.1, 0.15) is 0 Å². The Labute approximate surface area is 89.0 Å². The smallest absolute Gasteiger partial charge is 0.311 e. The lowest BCUT2D eigenvalue weighted by atomic mass is 10.1. The molecule has 84 valence electrons. The summed E-state index contributed by atoms with van der Waals surface area (Å²) in [5.41, 5.74) is 0.196. The maximum Gasteiger partial charge on any atom is 0.328 e. The van der Waals surface area contributed by atoms with Crippen LogP contribution in [0.15, 0.2) is 15.7 Å². The molecule has 1 aromatic rings. The second-order valence-electron chi connectivity index (χ2n) is 4.14. The first-order valence-corrected chi connectivity index (χ1v) is 5.33. The number of hydrogen-bond donors (Lipinski definition) is 1. The van der Waals surface area contributed by atoms with Crippen molar-refractivity contribution in [1.82, 2.24) is 9.55 Å². The van der Waals surface area contributed by atoms with Crippen molar-refractivity contribution in [3.8, 4) is 0 Å². The first kappa shape index (κ1) is 11.8. The van der Waals surface area contributed by atoms with Crippen LogP contribution >= 0.6 is 0 Å². The van der Waals surface area contributed by atoms with E-state index in [2.05, 4.69) is 4.98 Å². The van der Waals surface area contributed by atoms with Crippen LogP contribution in [0.1, 0.15) is 51.8 Å². The standard InChI is InChI=1S/C11H18N2O2/c1-5-8(4)9-6-10(14)13(7(2)3)11(15)12-9/h6-8H,5H2,1-4H3,(H,12,15)/t8-/m0/s1. The lowest BCUT2D eigenvalue weighted by Gasteiger charge is -2.12.